The summed E-state index contributed by atoms with van der Waals surface area (Å²) in [7, 11) is 0. The number of para-hydroxylation sites is 2. The van der Waals surface area contributed by atoms with E-state index >= 15 is 0 Å². The molecule has 3 rings (SSSR count). The van der Waals surface area contributed by atoms with Crippen molar-refractivity contribution < 1.29 is 9.84 Å². The SMILES string of the molecule is Cc1nc2ccccc2nc1Oc1ccc(CCO)cc1. The number of fused-ring (bicyclic) bond motifs is 1. The van der Waals surface area contributed by atoms with Crippen LogP contribution in [0.15, 0.2) is 48.5 Å². The zero-order valence-electron chi connectivity index (χ0n) is 11.8. The summed E-state index contributed by atoms with van der Waals surface area (Å²) in [5.41, 5.74) is 3.51. The van der Waals surface area contributed by atoms with E-state index in [-0.39, 0.29) is 6.61 Å². The van der Waals surface area contributed by atoms with Crippen LogP contribution in [0.1, 0.15) is 11.3 Å². The number of nitrogens with zero attached hydrogens (tertiary/aromatic N) is 2. The molecule has 0 aliphatic heterocycles. The van der Waals surface area contributed by atoms with Gasteiger partial charge in [0.15, 0.2) is 0 Å². The largest absolute Gasteiger partial charge is 0.437 e. The number of hydrogen-bond donors (Lipinski definition) is 1. The maximum absolute atomic E-state index is 8.91. The van der Waals surface area contributed by atoms with Crippen molar-refractivity contribution in [3.05, 3.63) is 59.8 Å². The number of rotatable bonds is 4. The number of hydrogen-bond acceptors (Lipinski definition) is 4. The maximum Gasteiger partial charge on any atom is 0.241 e. The number of aliphatic hydroxyl groups is 1. The van der Waals surface area contributed by atoms with Gasteiger partial charge in [-0.2, -0.15) is 0 Å². The molecule has 0 aliphatic carbocycles. The predicted octanol–water partition coefficient (Wildman–Crippen LogP) is 3.27. The third kappa shape index (κ3) is 3.01. The fourth-order valence-corrected chi connectivity index (χ4v) is 2.13. The van der Waals surface area contributed by atoms with Gasteiger partial charge in [-0.15, -0.1) is 0 Å². The Labute approximate surface area is 123 Å². The second-order valence-electron chi connectivity index (χ2n) is 4.82. The van der Waals surface area contributed by atoms with E-state index in [1.54, 1.807) is 0 Å². The monoisotopic (exact) mass is 280 g/mol. The highest BCUT2D eigenvalue weighted by Gasteiger charge is 2.07. The molecule has 4 nitrogen and oxygen atoms in total. The number of benzene rings is 2. The molecule has 0 fully saturated rings. The molecule has 0 spiro atoms. The minimum Gasteiger partial charge on any atom is -0.437 e. The molecule has 1 N–H and O–H groups in total. The highest BCUT2D eigenvalue weighted by Crippen LogP contribution is 2.24. The average molecular weight is 280 g/mol. The smallest absolute Gasteiger partial charge is 0.241 e. The zero-order valence-corrected chi connectivity index (χ0v) is 11.8. The molecule has 1 heterocycles. The first-order valence-corrected chi connectivity index (χ1v) is 6.87. The lowest BCUT2D eigenvalue weighted by Crippen LogP contribution is -1.96. The van der Waals surface area contributed by atoms with Crippen LogP contribution in [-0.2, 0) is 6.42 Å². The predicted molar refractivity (Wildman–Crippen MR) is 81.6 cm³/mol. The molecule has 3 aromatic rings. The summed E-state index contributed by atoms with van der Waals surface area (Å²) in [5.74, 6) is 1.23. The van der Waals surface area contributed by atoms with Gasteiger partial charge in [-0.3, -0.25) is 0 Å². The summed E-state index contributed by atoms with van der Waals surface area (Å²) in [6.45, 7) is 2.03. The van der Waals surface area contributed by atoms with E-state index in [9.17, 15) is 0 Å². The Hall–Kier alpha value is -2.46. The molecule has 106 valence electrons. The molecular weight excluding hydrogens is 264 g/mol. The van der Waals surface area contributed by atoms with E-state index in [0.29, 0.717) is 18.1 Å². The minimum atomic E-state index is 0.148. The van der Waals surface area contributed by atoms with Crippen molar-refractivity contribution in [1.29, 1.82) is 0 Å². The molecule has 0 aliphatic rings. The van der Waals surface area contributed by atoms with Crippen LogP contribution in [0.25, 0.3) is 11.0 Å². The Bertz CT molecular complexity index is 754. The van der Waals surface area contributed by atoms with Gasteiger partial charge in [-0.05, 0) is 43.2 Å². The van der Waals surface area contributed by atoms with Crippen LogP contribution in [-0.4, -0.2) is 21.7 Å². The quantitative estimate of drug-likeness (QED) is 0.797. The molecule has 0 amide bonds. The van der Waals surface area contributed by atoms with E-state index < -0.39 is 0 Å². The zero-order chi connectivity index (χ0) is 14.7. The molecular formula is C17H16N2O2. The van der Waals surface area contributed by atoms with Crippen molar-refractivity contribution in [3.8, 4) is 11.6 Å². The second-order valence-corrected chi connectivity index (χ2v) is 4.82. The fourth-order valence-electron chi connectivity index (χ4n) is 2.13. The first kappa shape index (κ1) is 13.5. The average Bonchev–Trinajstić information content (AvgIpc) is 2.50. The van der Waals surface area contributed by atoms with Gasteiger partial charge in [-0.1, -0.05) is 24.3 Å². The maximum atomic E-state index is 8.91. The van der Waals surface area contributed by atoms with Crippen LogP contribution in [0, 0.1) is 6.92 Å². The van der Waals surface area contributed by atoms with Gasteiger partial charge in [0, 0.05) is 6.61 Å². The molecule has 2 aromatic carbocycles. The third-order valence-electron chi connectivity index (χ3n) is 3.24. The van der Waals surface area contributed by atoms with Crippen molar-refractivity contribution in [2.75, 3.05) is 6.61 Å². The molecule has 4 heteroatoms. The van der Waals surface area contributed by atoms with Gasteiger partial charge in [0.1, 0.15) is 11.4 Å². The highest BCUT2D eigenvalue weighted by atomic mass is 16.5. The summed E-state index contributed by atoms with van der Waals surface area (Å²) >= 11 is 0. The van der Waals surface area contributed by atoms with Crippen LogP contribution in [0.5, 0.6) is 11.6 Å². The van der Waals surface area contributed by atoms with E-state index in [2.05, 4.69) is 9.97 Å². The lowest BCUT2D eigenvalue weighted by molar-refractivity contribution is 0.299. The Morgan fingerprint density at radius 2 is 1.62 bits per heavy atom. The topological polar surface area (TPSA) is 55.2 Å². The molecule has 1 aromatic heterocycles. The number of aryl methyl sites for hydroxylation is 1. The molecule has 0 saturated heterocycles. The van der Waals surface area contributed by atoms with Crippen molar-refractivity contribution in [3.63, 3.8) is 0 Å². The van der Waals surface area contributed by atoms with Crippen molar-refractivity contribution in [2.45, 2.75) is 13.3 Å². The molecule has 0 bridgehead atoms. The third-order valence-corrected chi connectivity index (χ3v) is 3.24. The lowest BCUT2D eigenvalue weighted by Gasteiger charge is -2.09. The molecule has 0 saturated carbocycles. The summed E-state index contributed by atoms with van der Waals surface area (Å²) in [5, 5.41) is 8.91. The van der Waals surface area contributed by atoms with E-state index in [1.807, 2.05) is 55.5 Å². The number of ether oxygens (including phenoxy) is 1. The second kappa shape index (κ2) is 5.89. The Balaban J connectivity index is 1.88. The normalized spacial score (nSPS) is 10.8. The van der Waals surface area contributed by atoms with E-state index in [0.717, 1.165) is 22.3 Å². The van der Waals surface area contributed by atoms with Crippen LogP contribution in [0.3, 0.4) is 0 Å². The van der Waals surface area contributed by atoms with Gasteiger partial charge >= 0.3 is 0 Å². The van der Waals surface area contributed by atoms with Crippen LogP contribution in [0.4, 0.5) is 0 Å². The molecule has 0 unspecified atom stereocenters. The van der Waals surface area contributed by atoms with Crippen LogP contribution in [0.2, 0.25) is 0 Å². The van der Waals surface area contributed by atoms with Crippen molar-refractivity contribution in [1.82, 2.24) is 9.97 Å². The number of aromatic nitrogens is 2. The van der Waals surface area contributed by atoms with Crippen molar-refractivity contribution in [2.24, 2.45) is 0 Å². The van der Waals surface area contributed by atoms with Crippen LogP contribution < -0.4 is 4.74 Å². The van der Waals surface area contributed by atoms with Gasteiger partial charge in [0.2, 0.25) is 5.88 Å². The first-order valence-electron chi connectivity index (χ1n) is 6.87. The summed E-state index contributed by atoms with van der Waals surface area (Å²) in [6, 6.07) is 15.4. The standard InChI is InChI=1S/C17H16N2O2/c1-12-17(19-16-5-3-2-4-15(16)18-12)21-14-8-6-13(7-9-14)10-11-20/h2-9,20H,10-11H2,1H3. The summed E-state index contributed by atoms with van der Waals surface area (Å²) in [6.07, 6.45) is 0.648. The fraction of sp³-hybridized carbons (Fsp3) is 0.176. The minimum absolute atomic E-state index is 0.148. The van der Waals surface area contributed by atoms with Gasteiger partial charge in [0.25, 0.3) is 0 Å². The van der Waals surface area contributed by atoms with E-state index in [1.165, 1.54) is 0 Å². The van der Waals surface area contributed by atoms with E-state index in [4.69, 9.17) is 9.84 Å². The summed E-state index contributed by atoms with van der Waals surface area (Å²) in [4.78, 5) is 9.00. The van der Waals surface area contributed by atoms with Crippen LogP contribution >= 0.6 is 0 Å². The lowest BCUT2D eigenvalue weighted by atomic mass is 10.1. The van der Waals surface area contributed by atoms with Gasteiger partial charge in [-0.25, -0.2) is 9.97 Å². The first-order chi connectivity index (χ1) is 10.3. The molecule has 21 heavy (non-hydrogen) atoms. The number of aliphatic hydroxyl groups excluding tert-OH is 1. The van der Waals surface area contributed by atoms with Crippen molar-refractivity contribution >= 4 is 11.0 Å². The Morgan fingerprint density at radius 3 is 2.29 bits per heavy atom. The molecule has 0 atom stereocenters. The molecule has 0 radical (unpaired) electrons. The Morgan fingerprint density at radius 1 is 0.952 bits per heavy atom. The summed E-state index contributed by atoms with van der Waals surface area (Å²) < 4.78 is 5.81. The van der Waals surface area contributed by atoms with Gasteiger partial charge < -0.3 is 9.84 Å². The highest BCUT2D eigenvalue weighted by molar-refractivity contribution is 5.74. The van der Waals surface area contributed by atoms with Gasteiger partial charge in [0.05, 0.1) is 11.0 Å². The Kier molecular flexibility index (Phi) is 3.79.